The molecule has 0 amide bonds. The molecule has 0 atom stereocenters. The van der Waals surface area contributed by atoms with Crippen molar-refractivity contribution < 1.29 is 19.4 Å². The Labute approximate surface area is 112 Å². The second kappa shape index (κ2) is 4.76. The SMILES string of the molecule is Cc1c2c(c(CCCC(=O)O)c3c1OCC3)OCC2. The van der Waals surface area contributed by atoms with Gasteiger partial charge in [-0.25, -0.2) is 0 Å². The third kappa shape index (κ3) is 2.05. The lowest BCUT2D eigenvalue weighted by Gasteiger charge is -2.15. The predicted octanol–water partition coefficient (Wildman–Crippen LogP) is 2.27. The Morgan fingerprint density at radius 1 is 1.16 bits per heavy atom. The number of rotatable bonds is 4. The van der Waals surface area contributed by atoms with Crippen molar-refractivity contribution in [2.45, 2.75) is 39.0 Å². The molecule has 0 aliphatic carbocycles. The van der Waals surface area contributed by atoms with Crippen LogP contribution < -0.4 is 9.47 Å². The van der Waals surface area contributed by atoms with Crippen LogP contribution in [0.15, 0.2) is 0 Å². The third-order valence-corrected chi connectivity index (χ3v) is 3.99. The van der Waals surface area contributed by atoms with Crippen molar-refractivity contribution >= 4 is 5.97 Å². The predicted molar refractivity (Wildman–Crippen MR) is 70.2 cm³/mol. The highest BCUT2D eigenvalue weighted by molar-refractivity contribution is 5.67. The van der Waals surface area contributed by atoms with E-state index in [0.29, 0.717) is 6.42 Å². The Hall–Kier alpha value is -1.71. The van der Waals surface area contributed by atoms with E-state index in [1.807, 2.05) is 0 Å². The van der Waals surface area contributed by atoms with Crippen molar-refractivity contribution in [2.24, 2.45) is 0 Å². The van der Waals surface area contributed by atoms with Crippen LogP contribution in [0.1, 0.15) is 35.1 Å². The molecule has 0 radical (unpaired) electrons. The molecule has 4 nitrogen and oxygen atoms in total. The normalized spacial score (nSPS) is 15.6. The van der Waals surface area contributed by atoms with Crippen LogP contribution in [0.5, 0.6) is 11.5 Å². The van der Waals surface area contributed by atoms with Gasteiger partial charge in [0.25, 0.3) is 0 Å². The van der Waals surface area contributed by atoms with Gasteiger partial charge >= 0.3 is 5.97 Å². The number of benzene rings is 1. The highest BCUT2D eigenvalue weighted by atomic mass is 16.5. The third-order valence-electron chi connectivity index (χ3n) is 3.99. The molecule has 2 aliphatic heterocycles. The smallest absolute Gasteiger partial charge is 0.303 e. The zero-order valence-corrected chi connectivity index (χ0v) is 11.1. The van der Waals surface area contributed by atoms with E-state index in [9.17, 15) is 4.79 Å². The lowest BCUT2D eigenvalue weighted by atomic mass is 9.92. The number of carboxylic acids is 1. The molecule has 0 bridgehead atoms. The van der Waals surface area contributed by atoms with E-state index in [0.717, 1.165) is 44.0 Å². The van der Waals surface area contributed by atoms with Gasteiger partial charge < -0.3 is 14.6 Å². The minimum Gasteiger partial charge on any atom is -0.493 e. The Morgan fingerprint density at radius 2 is 1.84 bits per heavy atom. The fraction of sp³-hybridized carbons (Fsp3) is 0.533. The quantitative estimate of drug-likeness (QED) is 0.904. The maximum atomic E-state index is 10.7. The Morgan fingerprint density at radius 3 is 2.58 bits per heavy atom. The lowest BCUT2D eigenvalue weighted by molar-refractivity contribution is -0.137. The molecule has 102 valence electrons. The number of carbonyl (C=O) groups is 1. The van der Waals surface area contributed by atoms with E-state index in [1.54, 1.807) is 0 Å². The summed E-state index contributed by atoms with van der Waals surface area (Å²) >= 11 is 0. The molecular formula is C15H18O4. The Bertz CT molecular complexity index is 498. The van der Waals surface area contributed by atoms with Gasteiger partial charge in [0, 0.05) is 36.0 Å². The van der Waals surface area contributed by atoms with E-state index in [4.69, 9.17) is 14.6 Å². The summed E-state index contributed by atoms with van der Waals surface area (Å²) in [6.07, 6.45) is 3.47. The van der Waals surface area contributed by atoms with Gasteiger partial charge in [-0.05, 0) is 25.3 Å². The first kappa shape index (κ1) is 12.3. The number of ether oxygens (including phenoxy) is 2. The van der Waals surface area contributed by atoms with Crippen molar-refractivity contribution in [3.05, 3.63) is 22.3 Å². The average Bonchev–Trinajstić information content (AvgIpc) is 3.01. The first-order valence-corrected chi connectivity index (χ1v) is 6.83. The molecule has 19 heavy (non-hydrogen) atoms. The summed E-state index contributed by atoms with van der Waals surface area (Å²) in [7, 11) is 0. The number of carboxylic acid groups (broad SMARTS) is 1. The second-order valence-electron chi connectivity index (χ2n) is 5.16. The first-order valence-electron chi connectivity index (χ1n) is 6.83. The van der Waals surface area contributed by atoms with Crippen LogP contribution in [0.3, 0.4) is 0 Å². The van der Waals surface area contributed by atoms with Gasteiger partial charge in [0.2, 0.25) is 0 Å². The summed E-state index contributed by atoms with van der Waals surface area (Å²) in [5.74, 6) is 1.29. The fourth-order valence-electron chi connectivity index (χ4n) is 3.12. The first-order chi connectivity index (χ1) is 9.18. The molecule has 0 saturated carbocycles. The molecule has 1 N–H and O–H groups in total. The summed E-state index contributed by atoms with van der Waals surface area (Å²) in [6, 6.07) is 0. The molecule has 0 fully saturated rings. The highest BCUT2D eigenvalue weighted by Gasteiger charge is 2.29. The zero-order valence-electron chi connectivity index (χ0n) is 11.1. The van der Waals surface area contributed by atoms with Crippen LogP contribution in [0.25, 0.3) is 0 Å². The van der Waals surface area contributed by atoms with Crippen LogP contribution in [0.2, 0.25) is 0 Å². The molecule has 4 heteroatoms. The summed E-state index contributed by atoms with van der Waals surface area (Å²) < 4.78 is 11.5. The van der Waals surface area contributed by atoms with Crippen LogP contribution in [0.4, 0.5) is 0 Å². The molecule has 0 saturated heterocycles. The molecular weight excluding hydrogens is 244 g/mol. The number of hydrogen-bond donors (Lipinski definition) is 1. The van der Waals surface area contributed by atoms with Crippen molar-refractivity contribution in [3.8, 4) is 11.5 Å². The summed E-state index contributed by atoms with van der Waals surface area (Å²) in [6.45, 7) is 3.55. The summed E-state index contributed by atoms with van der Waals surface area (Å²) in [4.78, 5) is 10.7. The van der Waals surface area contributed by atoms with Crippen molar-refractivity contribution in [3.63, 3.8) is 0 Å². The second-order valence-corrected chi connectivity index (χ2v) is 5.16. The van der Waals surface area contributed by atoms with Gasteiger partial charge in [-0.3, -0.25) is 4.79 Å². The molecule has 2 heterocycles. The number of fused-ring (bicyclic) bond motifs is 2. The van der Waals surface area contributed by atoms with Crippen molar-refractivity contribution in [1.82, 2.24) is 0 Å². The highest BCUT2D eigenvalue weighted by Crippen LogP contribution is 2.44. The van der Waals surface area contributed by atoms with Crippen molar-refractivity contribution in [1.29, 1.82) is 0 Å². The van der Waals surface area contributed by atoms with Gasteiger partial charge in [0.1, 0.15) is 11.5 Å². The van der Waals surface area contributed by atoms with Gasteiger partial charge in [-0.1, -0.05) is 0 Å². The topological polar surface area (TPSA) is 55.8 Å². The monoisotopic (exact) mass is 262 g/mol. The van der Waals surface area contributed by atoms with Crippen LogP contribution in [0, 0.1) is 6.92 Å². The van der Waals surface area contributed by atoms with Crippen LogP contribution >= 0.6 is 0 Å². The standard InChI is InChI=1S/C15H18O4/c1-9-10-5-7-19-15(10)11(3-2-4-13(16)17)12-6-8-18-14(9)12/h2-8H2,1H3,(H,16,17). The van der Waals surface area contributed by atoms with Gasteiger partial charge in [0.05, 0.1) is 13.2 Å². The molecule has 1 aromatic carbocycles. The maximum Gasteiger partial charge on any atom is 0.303 e. The van der Waals surface area contributed by atoms with E-state index in [2.05, 4.69) is 6.92 Å². The Balaban J connectivity index is 1.96. The molecule has 3 rings (SSSR count). The minimum absolute atomic E-state index is 0.207. The van der Waals surface area contributed by atoms with Gasteiger partial charge in [0.15, 0.2) is 0 Å². The largest absolute Gasteiger partial charge is 0.493 e. The summed E-state index contributed by atoms with van der Waals surface area (Å²) in [5, 5.41) is 8.77. The maximum absolute atomic E-state index is 10.7. The van der Waals surface area contributed by atoms with Crippen LogP contribution in [-0.2, 0) is 24.1 Å². The number of aliphatic carboxylic acids is 1. The Kier molecular flexibility index (Phi) is 3.09. The van der Waals surface area contributed by atoms with E-state index < -0.39 is 5.97 Å². The van der Waals surface area contributed by atoms with E-state index >= 15 is 0 Å². The zero-order chi connectivity index (χ0) is 13.4. The average molecular weight is 262 g/mol. The lowest BCUT2D eigenvalue weighted by Crippen LogP contribution is -2.01. The minimum atomic E-state index is -0.738. The van der Waals surface area contributed by atoms with Crippen LogP contribution in [-0.4, -0.2) is 24.3 Å². The van der Waals surface area contributed by atoms with Gasteiger partial charge in [-0.15, -0.1) is 0 Å². The van der Waals surface area contributed by atoms with Gasteiger partial charge in [-0.2, -0.15) is 0 Å². The molecule has 0 aromatic heterocycles. The molecule has 2 aliphatic rings. The fourth-order valence-corrected chi connectivity index (χ4v) is 3.12. The van der Waals surface area contributed by atoms with E-state index in [1.165, 1.54) is 22.3 Å². The molecule has 0 unspecified atom stereocenters. The van der Waals surface area contributed by atoms with Crippen molar-refractivity contribution in [2.75, 3.05) is 13.2 Å². The number of hydrogen-bond acceptors (Lipinski definition) is 3. The molecule has 0 spiro atoms. The van der Waals surface area contributed by atoms with E-state index in [-0.39, 0.29) is 6.42 Å². The summed E-state index contributed by atoms with van der Waals surface area (Å²) in [5.41, 5.74) is 4.89. The molecule has 1 aromatic rings.